The van der Waals surface area contributed by atoms with Crippen LogP contribution in [-0.2, 0) is 19.9 Å². The van der Waals surface area contributed by atoms with Crippen molar-refractivity contribution in [3.8, 4) is 0 Å². The van der Waals surface area contributed by atoms with Crippen molar-refractivity contribution in [1.29, 1.82) is 0 Å². The van der Waals surface area contributed by atoms with Gasteiger partial charge in [-0.15, -0.1) is 6.58 Å². The molecule has 1 heterocycles. The van der Waals surface area contributed by atoms with Crippen molar-refractivity contribution >= 4 is 19.9 Å². The lowest BCUT2D eigenvalue weighted by Crippen LogP contribution is -2.41. The van der Waals surface area contributed by atoms with E-state index in [4.69, 9.17) is 0 Å². The van der Waals surface area contributed by atoms with E-state index in [1.807, 2.05) is 0 Å². The van der Waals surface area contributed by atoms with Crippen molar-refractivity contribution in [2.24, 2.45) is 0 Å². The van der Waals surface area contributed by atoms with Crippen LogP contribution >= 0.6 is 0 Å². The highest BCUT2D eigenvalue weighted by Crippen LogP contribution is 2.24. The normalized spacial score (nSPS) is 21.9. The second-order valence-electron chi connectivity index (χ2n) is 4.73. The standard InChI is InChI=1S/C13H17NO4S2/c1-2-9-14(12-8-10-19(15,16)11-12)20(17,18)13-6-4-3-5-7-13/h2-7,12H,1,8-11H2/t12-/m1/s1. The third-order valence-corrected chi connectivity index (χ3v) is 6.96. The predicted molar refractivity (Wildman–Crippen MR) is 77.6 cm³/mol. The van der Waals surface area contributed by atoms with Crippen LogP contribution in [0.5, 0.6) is 0 Å². The van der Waals surface area contributed by atoms with Gasteiger partial charge < -0.3 is 0 Å². The lowest BCUT2D eigenvalue weighted by molar-refractivity contribution is 0.367. The molecule has 0 aliphatic carbocycles. The topological polar surface area (TPSA) is 71.5 Å². The summed E-state index contributed by atoms with van der Waals surface area (Å²) >= 11 is 0. The van der Waals surface area contributed by atoms with Crippen LogP contribution in [0.1, 0.15) is 6.42 Å². The molecule has 0 bridgehead atoms. The Morgan fingerprint density at radius 3 is 2.45 bits per heavy atom. The first-order chi connectivity index (χ1) is 9.37. The van der Waals surface area contributed by atoms with Gasteiger partial charge in [0.1, 0.15) is 0 Å². The predicted octanol–water partition coefficient (Wildman–Crippen LogP) is 1.05. The summed E-state index contributed by atoms with van der Waals surface area (Å²) in [5.41, 5.74) is 0. The lowest BCUT2D eigenvalue weighted by Gasteiger charge is -2.26. The number of hydrogen-bond donors (Lipinski definition) is 0. The highest BCUT2D eigenvalue weighted by Gasteiger charge is 2.38. The molecule has 7 heteroatoms. The highest BCUT2D eigenvalue weighted by molar-refractivity contribution is 7.92. The average Bonchev–Trinajstić information content (AvgIpc) is 2.77. The minimum atomic E-state index is -3.70. The number of hydrogen-bond acceptors (Lipinski definition) is 4. The Bertz CT molecular complexity index is 680. The molecule has 0 saturated carbocycles. The van der Waals surface area contributed by atoms with Crippen LogP contribution in [0.3, 0.4) is 0 Å². The van der Waals surface area contributed by atoms with Crippen molar-refractivity contribution < 1.29 is 16.8 Å². The molecule has 1 aliphatic heterocycles. The second-order valence-corrected chi connectivity index (χ2v) is 8.85. The van der Waals surface area contributed by atoms with Crippen molar-refractivity contribution in [3.05, 3.63) is 43.0 Å². The minimum absolute atomic E-state index is 0.0373. The van der Waals surface area contributed by atoms with Crippen LogP contribution in [0.25, 0.3) is 0 Å². The van der Waals surface area contributed by atoms with Crippen LogP contribution in [0.2, 0.25) is 0 Å². The Morgan fingerprint density at radius 2 is 1.95 bits per heavy atom. The molecule has 0 amide bonds. The van der Waals surface area contributed by atoms with E-state index in [1.54, 1.807) is 18.2 Å². The molecule has 110 valence electrons. The Balaban J connectivity index is 2.36. The molecule has 2 rings (SSSR count). The summed E-state index contributed by atoms with van der Waals surface area (Å²) < 4.78 is 49.6. The molecule has 1 fully saturated rings. The molecule has 1 saturated heterocycles. The molecule has 0 radical (unpaired) electrons. The largest absolute Gasteiger partial charge is 0.243 e. The highest BCUT2D eigenvalue weighted by atomic mass is 32.2. The van der Waals surface area contributed by atoms with E-state index in [2.05, 4.69) is 6.58 Å². The SMILES string of the molecule is C=CCN([C@@H]1CCS(=O)(=O)C1)S(=O)(=O)c1ccccc1. The molecular formula is C13H17NO4S2. The number of sulfonamides is 1. The number of rotatable bonds is 5. The van der Waals surface area contributed by atoms with Gasteiger partial charge in [-0.05, 0) is 18.6 Å². The fraction of sp³-hybridized carbons (Fsp3) is 0.385. The third-order valence-electron chi connectivity index (χ3n) is 3.27. The van der Waals surface area contributed by atoms with Crippen LogP contribution in [0.15, 0.2) is 47.9 Å². The summed E-state index contributed by atoms with van der Waals surface area (Å²) in [6.07, 6.45) is 1.81. The molecule has 1 aromatic rings. The van der Waals surface area contributed by atoms with Crippen LogP contribution in [0.4, 0.5) is 0 Å². The van der Waals surface area contributed by atoms with Gasteiger partial charge >= 0.3 is 0 Å². The molecule has 1 aromatic carbocycles. The molecule has 1 atom stereocenters. The van der Waals surface area contributed by atoms with Crippen molar-refractivity contribution in [2.75, 3.05) is 18.1 Å². The Morgan fingerprint density at radius 1 is 1.30 bits per heavy atom. The number of nitrogens with zero attached hydrogens (tertiary/aromatic N) is 1. The maximum atomic E-state index is 12.6. The summed E-state index contributed by atoms with van der Waals surface area (Å²) in [5.74, 6) is -0.0808. The lowest BCUT2D eigenvalue weighted by atomic mass is 10.2. The fourth-order valence-electron chi connectivity index (χ4n) is 2.30. The molecular weight excluding hydrogens is 298 g/mol. The van der Waals surface area contributed by atoms with Gasteiger partial charge in [0.15, 0.2) is 9.84 Å². The quantitative estimate of drug-likeness (QED) is 0.762. The maximum Gasteiger partial charge on any atom is 0.243 e. The van der Waals surface area contributed by atoms with Gasteiger partial charge in [0.05, 0.1) is 16.4 Å². The molecule has 1 aliphatic rings. The van der Waals surface area contributed by atoms with Gasteiger partial charge in [0.2, 0.25) is 10.0 Å². The summed E-state index contributed by atoms with van der Waals surface area (Å²) in [5, 5.41) is 0. The minimum Gasteiger partial charge on any atom is -0.229 e. The summed E-state index contributed by atoms with van der Waals surface area (Å²) in [7, 11) is -6.84. The molecule has 0 N–H and O–H groups in total. The second kappa shape index (κ2) is 5.67. The zero-order chi connectivity index (χ0) is 14.8. The summed E-state index contributed by atoms with van der Waals surface area (Å²) in [6.45, 7) is 3.67. The van der Waals surface area contributed by atoms with E-state index in [0.717, 1.165) is 0 Å². The smallest absolute Gasteiger partial charge is 0.229 e. The first-order valence-electron chi connectivity index (χ1n) is 6.25. The van der Waals surface area contributed by atoms with Crippen LogP contribution in [-0.4, -0.2) is 45.2 Å². The van der Waals surface area contributed by atoms with E-state index >= 15 is 0 Å². The van der Waals surface area contributed by atoms with E-state index < -0.39 is 25.9 Å². The van der Waals surface area contributed by atoms with Gasteiger partial charge in [-0.1, -0.05) is 24.3 Å². The Hall–Kier alpha value is -1.18. The number of benzene rings is 1. The van der Waals surface area contributed by atoms with E-state index in [9.17, 15) is 16.8 Å². The van der Waals surface area contributed by atoms with Gasteiger partial charge in [-0.25, -0.2) is 16.8 Å². The fourth-order valence-corrected chi connectivity index (χ4v) is 5.77. The van der Waals surface area contributed by atoms with Crippen molar-refractivity contribution in [1.82, 2.24) is 4.31 Å². The monoisotopic (exact) mass is 315 g/mol. The summed E-state index contributed by atoms with van der Waals surface area (Å²) in [4.78, 5) is 0.172. The molecule has 0 unspecified atom stereocenters. The molecule has 0 spiro atoms. The Kier molecular flexibility index (Phi) is 4.31. The van der Waals surface area contributed by atoms with Crippen LogP contribution < -0.4 is 0 Å². The van der Waals surface area contributed by atoms with Gasteiger partial charge in [0, 0.05) is 12.6 Å². The van der Waals surface area contributed by atoms with Gasteiger partial charge in [-0.3, -0.25) is 0 Å². The van der Waals surface area contributed by atoms with Crippen LogP contribution in [0, 0.1) is 0 Å². The third kappa shape index (κ3) is 3.11. The molecule has 20 heavy (non-hydrogen) atoms. The maximum absolute atomic E-state index is 12.6. The molecule has 5 nitrogen and oxygen atoms in total. The van der Waals surface area contributed by atoms with E-state index in [1.165, 1.54) is 22.5 Å². The first-order valence-corrected chi connectivity index (χ1v) is 9.51. The Labute approximate surface area is 119 Å². The van der Waals surface area contributed by atoms with Crippen molar-refractivity contribution in [3.63, 3.8) is 0 Å². The average molecular weight is 315 g/mol. The van der Waals surface area contributed by atoms with E-state index in [0.29, 0.717) is 6.42 Å². The number of sulfone groups is 1. The summed E-state index contributed by atoms with van der Waals surface area (Å²) in [6, 6.07) is 7.53. The van der Waals surface area contributed by atoms with Gasteiger partial charge in [-0.2, -0.15) is 4.31 Å². The van der Waals surface area contributed by atoms with Crippen molar-refractivity contribution in [2.45, 2.75) is 17.4 Å². The first kappa shape index (κ1) is 15.2. The van der Waals surface area contributed by atoms with E-state index in [-0.39, 0.29) is 22.9 Å². The zero-order valence-corrected chi connectivity index (χ0v) is 12.6. The van der Waals surface area contributed by atoms with Gasteiger partial charge in [0.25, 0.3) is 0 Å². The zero-order valence-electron chi connectivity index (χ0n) is 11.0. The molecule has 0 aromatic heterocycles.